The zero-order valence-electron chi connectivity index (χ0n) is 16.4. The Morgan fingerprint density at radius 3 is 2.11 bits per heavy atom. The highest BCUT2D eigenvalue weighted by molar-refractivity contribution is 5.64. The van der Waals surface area contributed by atoms with Crippen LogP contribution in [0.2, 0.25) is 0 Å². The van der Waals surface area contributed by atoms with Crippen molar-refractivity contribution in [1.29, 1.82) is 0 Å². The molecule has 1 fully saturated rings. The van der Waals surface area contributed by atoms with Crippen molar-refractivity contribution >= 4 is 0 Å². The molecule has 0 heterocycles. The average molecular weight is 396 g/mol. The summed E-state index contributed by atoms with van der Waals surface area (Å²) in [6.07, 6.45) is 3.93. The summed E-state index contributed by atoms with van der Waals surface area (Å²) in [5.74, 6) is -2.83. The minimum atomic E-state index is -2.67. The number of methoxy groups -OCH3 is 1. The summed E-state index contributed by atoms with van der Waals surface area (Å²) in [5.41, 5.74) is 2.12. The lowest BCUT2D eigenvalue weighted by Crippen LogP contribution is -2.33. The highest BCUT2D eigenvalue weighted by Gasteiger charge is 2.41. The van der Waals surface area contributed by atoms with E-state index >= 15 is 0 Å². The van der Waals surface area contributed by atoms with Crippen LogP contribution >= 0.6 is 0 Å². The molecular formula is C23H28F4O. The molecule has 0 radical (unpaired) electrons. The number of rotatable bonds is 6. The van der Waals surface area contributed by atoms with E-state index in [1.165, 1.54) is 13.2 Å². The Kier molecular flexibility index (Phi) is 7.50. The molecule has 2 aromatic carbocycles. The molecule has 28 heavy (non-hydrogen) atoms. The Balaban J connectivity index is 0.00000280. The number of halogens is 4. The quantitative estimate of drug-likeness (QED) is 0.476. The maximum atomic E-state index is 14.7. The van der Waals surface area contributed by atoms with Gasteiger partial charge in [0.1, 0.15) is 0 Å². The molecule has 154 valence electrons. The molecule has 1 aliphatic rings. The summed E-state index contributed by atoms with van der Waals surface area (Å²) in [6, 6.07) is 11.7. The lowest BCUT2D eigenvalue weighted by Gasteiger charge is -2.33. The Bertz CT molecular complexity index is 750. The van der Waals surface area contributed by atoms with E-state index in [1.807, 2.05) is 0 Å². The zero-order chi connectivity index (χ0) is 19.4. The van der Waals surface area contributed by atoms with Crippen LogP contribution in [0, 0.1) is 17.7 Å². The van der Waals surface area contributed by atoms with Gasteiger partial charge in [0.15, 0.2) is 11.6 Å². The Labute approximate surface area is 164 Å². The first-order valence-electron chi connectivity index (χ1n) is 9.73. The van der Waals surface area contributed by atoms with Gasteiger partial charge in [-0.25, -0.2) is 13.2 Å². The fraction of sp³-hybridized carbons (Fsp3) is 0.478. The Morgan fingerprint density at radius 1 is 0.964 bits per heavy atom. The first-order valence-corrected chi connectivity index (χ1v) is 9.73. The van der Waals surface area contributed by atoms with E-state index in [-0.39, 0.29) is 16.9 Å². The van der Waals surface area contributed by atoms with Gasteiger partial charge in [-0.2, -0.15) is 0 Å². The molecule has 0 atom stereocenters. The average Bonchev–Trinajstić information content (AvgIpc) is 2.68. The molecule has 0 bridgehead atoms. The Morgan fingerprint density at radius 2 is 1.57 bits per heavy atom. The van der Waals surface area contributed by atoms with Gasteiger partial charge in [0.25, 0.3) is 5.92 Å². The summed E-state index contributed by atoms with van der Waals surface area (Å²) in [4.78, 5) is 0. The first-order chi connectivity index (χ1) is 12.9. The standard InChI is InChI=1S/C23H27F3O.FH/c1-3-16-6-11-20(12-7-16)23(25,26)15-17-4-8-18(9-5-17)19-10-13-22(27-2)21(24)14-19;/h4-5,8-10,13-14,16,20H,3,6-7,11-12,15H2,1-2H3;1H. The molecule has 0 aliphatic heterocycles. The van der Waals surface area contributed by atoms with Crippen molar-refractivity contribution in [3.8, 4) is 16.9 Å². The molecule has 5 heteroatoms. The van der Waals surface area contributed by atoms with Crippen LogP contribution in [0.15, 0.2) is 42.5 Å². The lowest BCUT2D eigenvalue weighted by atomic mass is 9.77. The minimum Gasteiger partial charge on any atom is -0.494 e. The van der Waals surface area contributed by atoms with Crippen molar-refractivity contribution < 1.29 is 22.6 Å². The number of hydrogen-bond donors (Lipinski definition) is 0. The van der Waals surface area contributed by atoms with Crippen molar-refractivity contribution in [3.63, 3.8) is 0 Å². The van der Waals surface area contributed by atoms with Crippen LogP contribution < -0.4 is 4.74 Å². The van der Waals surface area contributed by atoms with Crippen LogP contribution in [0.5, 0.6) is 5.75 Å². The second-order valence-corrected chi connectivity index (χ2v) is 7.61. The van der Waals surface area contributed by atoms with Crippen molar-refractivity contribution in [2.75, 3.05) is 7.11 Å². The van der Waals surface area contributed by atoms with E-state index in [9.17, 15) is 13.2 Å². The summed E-state index contributed by atoms with van der Waals surface area (Å²) < 4.78 is 48.2. The second-order valence-electron chi connectivity index (χ2n) is 7.61. The maximum absolute atomic E-state index is 14.7. The summed E-state index contributed by atoms with van der Waals surface area (Å²) in [6.45, 7) is 2.14. The van der Waals surface area contributed by atoms with E-state index in [1.54, 1.807) is 36.4 Å². The topological polar surface area (TPSA) is 9.23 Å². The van der Waals surface area contributed by atoms with Gasteiger partial charge in [0, 0.05) is 12.3 Å². The largest absolute Gasteiger partial charge is 0.494 e. The monoisotopic (exact) mass is 396 g/mol. The van der Waals surface area contributed by atoms with E-state index in [0.29, 0.717) is 29.9 Å². The lowest BCUT2D eigenvalue weighted by molar-refractivity contribution is -0.0744. The van der Waals surface area contributed by atoms with E-state index in [0.717, 1.165) is 24.8 Å². The van der Waals surface area contributed by atoms with Gasteiger partial charge in [0.2, 0.25) is 0 Å². The third kappa shape index (κ3) is 5.06. The molecule has 0 saturated heterocycles. The fourth-order valence-corrected chi connectivity index (χ4v) is 4.07. The smallest absolute Gasteiger partial charge is 0.254 e. The minimum absolute atomic E-state index is 0. The van der Waals surface area contributed by atoms with E-state index in [2.05, 4.69) is 6.92 Å². The number of benzene rings is 2. The van der Waals surface area contributed by atoms with Crippen LogP contribution in [-0.2, 0) is 6.42 Å². The molecule has 0 spiro atoms. The number of alkyl halides is 2. The van der Waals surface area contributed by atoms with Crippen molar-refractivity contribution in [3.05, 3.63) is 53.8 Å². The zero-order valence-corrected chi connectivity index (χ0v) is 16.4. The van der Waals surface area contributed by atoms with Crippen molar-refractivity contribution in [2.24, 2.45) is 11.8 Å². The van der Waals surface area contributed by atoms with Crippen molar-refractivity contribution in [1.82, 2.24) is 0 Å². The van der Waals surface area contributed by atoms with Crippen LogP contribution in [0.3, 0.4) is 0 Å². The van der Waals surface area contributed by atoms with E-state index in [4.69, 9.17) is 4.74 Å². The SMILES string of the molecule is CCC1CCC(C(F)(F)Cc2ccc(-c3ccc(OC)c(F)c3)cc2)CC1.F. The van der Waals surface area contributed by atoms with Gasteiger partial charge in [-0.1, -0.05) is 43.7 Å². The predicted molar refractivity (Wildman–Crippen MR) is 105 cm³/mol. The van der Waals surface area contributed by atoms with Gasteiger partial charge >= 0.3 is 0 Å². The fourth-order valence-electron chi connectivity index (χ4n) is 4.07. The predicted octanol–water partition coefficient (Wildman–Crippen LogP) is 7.05. The molecule has 2 aromatic rings. The molecule has 0 unspecified atom stereocenters. The van der Waals surface area contributed by atoms with Crippen molar-refractivity contribution in [2.45, 2.75) is 51.4 Å². The molecule has 0 amide bonds. The summed E-state index contributed by atoms with van der Waals surface area (Å²) in [7, 11) is 1.42. The van der Waals surface area contributed by atoms with Crippen LogP contribution in [0.4, 0.5) is 17.9 Å². The number of ether oxygens (including phenoxy) is 1. The Hall–Kier alpha value is -2.04. The molecule has 1 aliphatic carbocycles. The third-order valence-corrected chi connectivity index (χ3v) is 5.90. The highest BCUT2D eigenvalue weighted by Crippen LogP contribution is 2.41. The molecule has 1 nitrogen and oxygen atoms in total. The first kappa shape index (κ1) is 22.3. The molecule has 0 N–H and O–H groups in total. The molecular weight excluding hydrogens is 368 g/mol. The third-order valence-electron chi connectivity index (χ3n) is 5.90. The highest BCUT2D eigenvalue weighted by atomic mass is 19.3. The summed E-state index contributed by atoms with van der Waals surface area (Å²) in [5, 5.41) is 0. The second kappa shape index (κ2) is 9.44. The van der Waals surface area contributed by atoms with Crippen LogP contribution in [0.25, 0.3) is 11.1 Å². The molecule has 3 rings (SSSR count). The van der Waals surface area contributed by atoms with Gasteiger partial charge in [-0.3, -0.25) is 4.70 Å². The van der Waals surface area contributed by atoms with Gasteiger partial charge in [-0.05, 0) is 60.4 Å². The van der Waals surface area contributed by atoms with Crippen LogP contribution in [0.1, 0.15) is 44.6 Å². The molecule has 0 aromatic heterocycles. The maximum Gasteiger partial charge on any atom is 0.254 e. The van der Waals surface area contributed by atoms with Gasteiger partial charge in [0.05, 0.1) is 7.11 Å². The molecule has 1 saturated carbocycles. The van der Waals surface area contributed by atoms with E-state index < -0.39 is 17.7 Å². The summed E-state index contributed by atoms with van der Waals surface area (Å²) >= 11 is 0. The van der Waals surface area contributed by atoms with Crippen LogP contribution in [-0.4, -0.2) is 13.0 Å². The number of hydrogen-bond acceptors (Lipinski definition) is 1. The van der Waals surface area contributed by atoms with Gasteiger partial charge in [-0.15, -0.1) is 0 Å². The normalized spacial score (nSPS) is 19.8. The van der Waals surface area contributed by atoms with Gasteiger partial charge < -0.3 is 4.74 Å².